The molecule has 4 rings (SSSR count). The number of rotatable bonds is 12. The average Bonchev–Trinajstić information content (AvgIpc) is 3.38. The summed E-state index contributed by atoms with van der Waals surface area (Å²) < 4.78 is 10.7. The molecule has 0 aliphatic carbocycles. The molecule has 1 heterocycles. The van der Waals surface area contributed by atoms with Gasteiger partial charge in [0, 0.05) is 49.4 Å². The minimum absolute atomic E-state index is 0.156. The fraction of sp³-hybridized carbons (Fsp3) is 0.267. The molecule has 0 unspecified atom stereocenters. The first kappa shape index (κ1) is 29.3. The standard InChI is InChI=1S/C30H32Cl2N4O4/c1-39-17-16-36(30(38)34-26-12-7-10-24(31)29(26)32)20-28(37)35(19-22-8-3-6-13-27(22)40-2)15-14-21-18-33-25-11-5-4-9-23(21)25/h3-13,18,33H,14-17,19-20H2,1-2H3,(H,34,38). The number of amides is 3. The Bertz CT molecular complexity index is 1460. The zero-order valence-corrected chi connectivity index (χ0v) is 24.0. The van der Waals surface area contributed by atoms with Crippen LogP contribution in [0.5, 0.6) is 5.75 Å². The van der Waals surface area contributed by atoms with Gasteiger partial charge >= 0.3 is 6.03 Å². The summed E-state index contributed by atoms with van der Waals surface area (Å²) in [7, 11) is 3.15. The molecule has 0 spiro atoms. The quantitative estimate of drug-likeness (QED) is 0.207. The van der Waals surface area contributed by atoms with Crippen LogP contribution >= 0.6 is 23.2 Å². The molecule has 0 saturated heterocycles. The summed E-state index contributed by atoms with van der Waals surface area (Å²) >= 11 is 12.4. The van der Waals surface area contributed by atoms with E-state index in [-0.39, 0.29) is 30.6 Å². The van der Waals surface area contributed by atoms with Crippen LogP contribution in [0.15, 0.2) is 72.9 Å². The Morgan fingerprint density at radius 1 is 0.900 bits per heavy atom. The van der Waals surface area contributed by atoms with Gasteiger partial charge in [-0.2, -0.15) is 0 Å². The molecule has 0 atom stereocenters. The Kier molecular flexibility index (Phi) is 10.3. The Hall–Kier alpha value is -3.72. The van der Waals surface area contributed by atoms with Crippen molar-refractivity contribution in [2.75, 3.05) is 45.8 Å². The number of carbonyl (C=O) groups excluding carboxylic acids is 2. The van der Waals surface area contributed by atoms with E-state index in [9.17, 15) is 9.59 Å². The van der Waals surface area contributed by atoms with Crippen LogP contribution in [0.25, 0.3) is 10.9 Å². The number of aromatic nitrogens is 1. The number of H-pyrrole nitrogens is 1. The molecule has 0 saturated carbocycles. The number of halogens is 2. The smallest absolute Gasteiger partial charge is 0.322 e. The molecule has 0 bridgehead atoms. The van der Waals surface area contributed by atoms with Gasteiger partial charge in [-0.1, -0.05) is 65.7 Å². The minimum atomic E-state index is -0.483. The van der Waals surface area contributed by atoms with Gasteiger partial charge in [0.15, 0.2) is 0 Å². The lowest BCUT2D eigenvalue weighted by Crippen LogP contribution is -2.46. The van der Waals surface area contributed by atoms with Gasteiger partial charge in [0.05, 0.1) is 29.4 Å². The fourth-order valence-corrected chi connectivity index (χ4v) is 4.78. The molecule has 10 heteroatoms. The Labute approximate surface area is 243 Å². The van der Waals surface area contributed by atoms with Gasteiger partial charge in [0.25, 0.3) is 0 Å². The average molecular weight is 584 g/mol. The second-order valence-corrected chi connectivity index (χ2v) is 9.97. The van der Waals surface area contributed by atoms with E-state index in [1.165, 1.54) is 4.90 Å². The normalized spacial score (nSPS) is 10.9. The van der Waals surface area contributed by atoms with Crippen molar-refractivity contribution in [2.45, 2.75) is 13.0 Å². The van der Waals surface area contributed by atoms with Crippen molar-refractivity contribution >= 4 is 51.7 Å². The third kappa shape index (κ3) is 7.27. The number of para-hydroxylation sites is 2. The number of benzene rings is 3. The molecule has 40 heavy (non-hydrogen) atoms. The minimum Gasteiger partial charge on any atom is -0.496 e. The van der Waals surface area contributed by atoms with Crippen LogP contribution in [0.2, 0.25) is 10.0 Å². The summed E-state index contributed by atoms with van der Waals surface area (Å²) in [6, 6.07) is 20.1. The highest BCUT2D eigenvalue weighted by molar-refractivity contribution is 6.44. The van der Waals surface area contributed by atoms with E-state index >= 15 is 0 Å². The number of nitrogens with one attached hydrogen (secondary N) is 2. The lowest BCUT2D eigenvalue weighted by atomic mass is 10.1. The molecule has 3 amide bonds. The van der Waals surface area contributed by atoms with Gasteiger partial charge in [0.2, 0.25) is 5.91 Å². The summed E-state index contributed by atoms with van der Waals surface area (Å²) in [5, 5.41) is 4.43. The van der Waals surface area contributed by atoms with Gasteiger partial charge in [-0.3, -0.25) is 4.79 Å². The number of urea groups is 1. The topological polar surface area (TPSA) is 86.9 Å². The lowest BCUT2D eigenvalue weighted by molar-refractivity contribution is -0.132. The molecule has 8 nitrogen and oxygen atoms in total. The van der Waals surface area contributed by atoms with E-state index in [0.29, 0.717) is 36.0 Å². The van der Waals surface area contributed by atoms with Crippen LogP contribution in [-0.2, 0) is 22.5 Å². The molecular weight excluding hydrogens is 551 g/mol. The van der Waals surface area contributed by atoms with Crippen LogP contribution in [0, 0.1) is 0 Å². The second kappa shape index (κ2) is 14.1. The van der Waals surface area contributed by atoms with Crippen LogP contribution in [-0.4, -0.2) is 67.2 Å². The Morgan fingerprint density at radius 3 is 2.48 bits per heavy atom. The highest BCUT2D eigenvalue weighted by atomic mass is 35.5. The molecule has 0 aliphatic heterocycles. The highest BCUT2D eigenvalue weighted by Gasteiger charge is 2.23. The number of carbonyl (C=O) groups is 2. The first-order valence-electron chi connectivity index (χ1n) is 12.8. The van der Waals surface area contributed by atoms with Crippen molar-refractivity contribution in [2.24, 2.45) is 0 Å². The molecule has 0 aliphatic rings. The summed E-state index contributed by atoms with van der Waals surface area (Å²) in [6.07, 6.45) is 2.61. The molecule has 0 fully saturated rings. The van der Waals surface area contributed by atoms with Crippen LogP contribution in [0.4, 0.5) is 10.5 Å². The van der Waals surface area contributed by atoms with Crippen molar-refractivity contribution in [1.82, 2.24) is 14.8 Å². The second-order valence-electron chi connectivity index (χ2n) is 9.18. The van der Waals surface area contributed by atoms with Crippen LogP contribution in [0.1, 0.15) is 11.1 Å². The predicted octanol–water partition coefficient (Wildman–Crippen LogP) is 6.24. The number of methoxy groups -OCH3 is 2. The maximum atomic E-state index is 13.8. The summed E-state index contributed by atoms with van der Waals surface area (Å²) in [6.45, 7) is 1.07. The molecule has 3 aromatic carbocycles. The number of hydrogen-bond acceptors (Lipinski definition) is 4. The van der Waals surface area contributed by atoms with Crippen molar-refractivity contribution in [3.63, 3.8) is 0 Å². The van der Waals surface area contributed by atoms with E-state index in [0.717, 1.165) is 22.0 Å². The van der Waals surface area contributed by atoms with E-state index < -0.39 is 6.03 Å². The molecule has 0 radical (unpaired) electrons. The number of anilines is 1. The summed E-state index contributed by atoms with van der Waals surface area (Å²) in [4.78, 5) is 33.5. The van der Waals surface area contributed by atoms with Crippen molar-refractivity contribution in [3.05, 3.63) is 94.1 Å². The third-order valence-corrected chi connectivity index (χ3v) is 7.42. The lowest BCUT2D eigenvalue weighted by Gasteiger charge is -2.28. The fourth-order valence-electron chi connectivity index (χ4n) is 4.44. The maximum absolute atomic E-state index is 13.8. The van der Waals surface area contributed by atoms with Crippen molar-refractivity contribution in [3.8, 4) is 5.75 Å². The largest absolute Gasteiger partial charge is 0.496 e. The van der Waals surface area contributed by atoms with Gasteiger partial charge in [0.1, 0.15) is 12.3 Å². The third-order valence-electron chi connectivity index (χ3n) is 6.60. The molecule has 210 valence electrons. The SMILES string of the molecule is COCCN(CC(=O)N(CCc1c[nH]c2ccccc12)Cc1ccccc1OC)C(=O)Nc1cccc(Cl)c1Cl. The zero-order valence-electron chi connectivity index (χ0n) is 22.5. The zero-order chi connectivity index (χ0) is 28.5. The van der Waals surface area contributed by atoms with Crippen molar-refractivity contribution < 1.29 is 19.1 Å². The number of aromatic amines is 1. The van der Waals surface area contributed by atoms with Crippen molar-refractivity contribution in [1.29, 1.82) is 0 Å². The van der Waals surface area contributed by atoms with Gasteiger partial charge in [-0.15, -0.1) is 0 Å². The number of hydrogen-bond donors (Lipinski definition) is 2. The summed E-state index contributed by atoms with van der Waals surface area (Å²) in [5.74, 6) is 0.478. The summed E-state index contributed by atoms with van der Waals surface area (Å²) in [5.41, 5.74) is 3.38. The monoisotopic (exact) mass is 582 g/mol. The van der Waals surface area contributed by atoms with E-state index in [2.05, 4.69) is 16.4 Å². The van der Waals surface area contributed by atoms with Gasteiger partial charge in [-0.25, -0.2) is 4.79 Å². The number of nitrogens with zero attached hydrogens (tertiary/aromatic N) is 2. The Balaban J connectivity index is 1.55. The highest BCUT2D eigenvalue weighted by Crippen LogP contribution is 2.30. The number of ether oxygens (including phenoxy) is 2. The molecular formula is C30H32Cl2N4O4. The van der Waals surface area contributed by atoms with Crippen LogP contribution in [0.3, 0.4) is 0 Å². The first-order chi connectivity index (χ1) is 19.4. The van der Waals surface area contributed by atoms with E-state index in [1.807, 2.05) is 48.7 Å². The van der Waals surface area contributed by atoms with Gasteiger partial charge < -0.3 is 29.6 Å². The number of fused-ring (bicyclic) bond motifs is 1. The van der Waals surface area contributed by atoms with Crippen LogP contribution < -0.4 is 10.1 Å². The van der Waals surface area contributed by atoms with Gasteiger partial charge in [-0.05, 0) is 36.2 Å². The first-order valence-corrected chi connectivity index (χ1v) is 13.6. The van der Waals surface area contributed by atoms with E-state index in [1.54, 1.807) is 37.3 Å². The molecule has 1 aromatic heterocycles. The molecule has 4 aromatic rings. The maximum Gasteiger partial charge on any atom is 0.322 e. The molecule has 2 N–H and O–H groups in total. The van der Waals surface area contributed by atoms with E-state index in [4.69, 9.17) is 32.7 Å². The predicted molar refractivity (Wildman–Crippen MR) is 159 cm³/mol. The Morgan fingerprint density at radius 2 is 1.68 bits per heavy atom.